The number of nitrogens with one attached hydrogen (secondary N) is 1. The quantitative estimate of drug-likeness (QED) is 0.796. The summed E-state index contributed by atoms with van der Waals surface area (Å²) in [4.78, 5) is 0. The maximum absolute atomic E-state index is 9.68. The fraction of sp³-hybridized carbons (Fsp3) is 0.750. The molecular weight excluding hydrogens is 238 g/mol. The summed E-state index contributed by atoms with van der Waals surface area (Å²) in [6.07, 6.45) is 9.99. The zero-order chi connectivity index (χ0) is 13.6. The van der Waals surface area contributed by atoms with Crippen LogP contribution in [0.5, 0.6) is 0 Å². The van der Waals surface area contributed by atoms with Gasteiger partial charge in [0.15, 0.2) is 0 Å². The summed E-state index contributed by atoms with van der Waals surface area (Å²) in [6.45, 7) is 3.49. The SMILES string of the molecule is CC(CCc1ccco1)NCC1(CO)CCCCC1. The van der Waals surface area contributed by atoms with Crippen molar-refractivity contribution in [1.29, 1.82) is 0 Å². The van der Waals surface area contributed by atoms with Crippen LogP contribution < -0.4 is 5.32 Å². The van der Waals surface area contributed by atoms with Crippen molar-refractivity contribution in [2.24, 2.45) is 5.41 Å². The minimum Gasteiger partial charge on any atom is -0.469 e. The van der Waals surface area contributed by atoms with Gasteiger partial charge in [0.1, 0.15) is 5.76 Å². The van der Waals surface area contributed by atoms with E-state index in [2.05, 4.69) is 12.2 Å². The molecule has 1 aromatic rings. The third-order valence-corrected chi connectivity index (χ3v) is 4.48. The molecular formula is C16H27NO2. The number of aliphatic hydroxyl groups is 1. The van der Waals surface area contributed by atoms with Gasteiger partial charge in [0.2, 0.25) is 0 Å². The summed E-state index contributed by atoms with van der Waals surface area (Å²) in [6, 6.07) is 4.44. The summed E-state index contributed by atoms with van der Waals surface area (Å²) >= 11 is 0. The highest BCUT2D eigenvalue weighted by molar-refractivity contribution is 4.98. The summed E-state index contributed by atoms with van der Waals surface area (Å²) < 4.78 is 5.35. The Morgan fingerprint density at radius 2 is 2.16 bits per heavy atom. The highest BCUT2D eigenvalue weighted by Gasteiger charge is 2.31. The lowest BCUT2D eigenvalue weighted by atomic mass is 9.74. The van der Waals surface area contributed by atoms with Crippen LogP contribution in [-0.4, -0.2) is 24.3 Å². The maximum atomic E-state index is 9.68. The highest BCUT2D eigenvalue weighted by atomic mass is 16.3. The number of hydrogen-bond acceptors (Lipinski definition) is 3. The second kappa shape index (κ2) is 7.11. The van der Waals surface area contributed by atoms with Crippen molar-refractivity contribution in [1.82, 2.24) is 5.32 Å². The molecule has 1 atom stereocenters. The van der Waals surface area contributed by atoms with E-state index in [9.17, 15) is 5.11 Å². The van der Waals surface area contributed by atoms with Crippen LogP contribution in [0.15, 0.2) is 22.8 Å². The second-order valence-corrected chi connectivity index (χ2v) is 6.12. The Bertz CT molecular complexity index is 342. The molecule has 0 radical (unpaired) electrons. The molecule has 1 heterocycles. The number of furan rings is 1. The van der Waals surface area contributed by atoms with E-state index >= 15 is 0 Å². The van der Waals surface area contributed by atoms with E-state index in [4.69, 9.17) is 4.42 Å². The van der Waals surface area contributed by atoms with Gasteiger partial charge in [0.25, 0.3) is 0 Å². The van der Waals surface area contributed by atoms with Gasteiger partial charge >= 0.3 is 0 Å². The van der Waals surface area contributed by atoms with Gasteiger partial charge in [0, 0.05) is 31.0 Å². The molecule has 3 nitrogen and oxygen atoms in total. The third kappa shape index (κ3) is 4.36. The van der Waals surface area contributed by atoms with E-state index in [1.807, 2.05) is 12.1 Å². The molecule has 0 amide bonds. The first-order valence-electron chi connectivity index (χ1n) is 7.61. The number of hydrogen-bond donors (Lipinski definition) is 2. The average molecular weight is 265 g/mol. The Balaban J connectivity index is 1.71. The Kier molecular flexibility index (Phi) is 5.46. The molecule has 0 saturated heterocycles. The highest BCUT2D eigenvalue weighted by Crippen LogP contribution is 2.35. The molecule has 1 aliphatic carbocycles. The monoisotopic (exact) mass is 265 g/mol. The van der Waals surface area contributed by atoms with Gasteiger partial charge in [0.05, 0.1) is 6.26 Å². The predicted octanol–water partition coefficient (Wildman–Crippen LogP) is 3.13. The Labute approximate surface area is 116 Å². The molecule has 0 aliphatic heterocycles. The molecule has 2 N–H and O–H groups in total. The summed E-state index contributed by atoms with van der Waals surface area (Å²) in [5.41, 5.74) is 0.136. The van der Waals surface area contributed by atoms with Gasteiger partial charge in [-0.3, -0.25) is 0 Å². The zero-order valence-corrected chi connectivity index (χ0v) is 12.0. The molecule has 3 heteroatoms. The third-order valence-electron chi connectivity index (χ3n) is 4.48. The summed E-state index contributed by atoms with van der Waals surface area (Å²) in [5, 5.41) is 13.3. The lowest BCUT2D eigenvalue weighted by molar-refractivity contribution is 0.0785. The number of aryl methyl sites for hydroxylation is 1. The van der Waals surface area contributed by atoms with E-state index in [-0.39, 0.29) is 5.41 Å². The zero-order valence-electron chi connectivity index (χ0n) is 12.0. The molecule has 2 rings (SSSR count). The largest absolute Gasteiger partial charge is 0.469 e. The van der Waals surface area contributed by atoms with Gasteiger partial charge < -0.3 is 14.8 Å². The van der Waals surface area contributed by atoms with Crippen molar-refractivity contribution in [2.45, 2.75) is 57.9 Å². The van der Waals surface area contributed by atoms with Crippen LogP contribution in [0.25, 0.3) is 0 Å². The van der Waals surface area contributed by atoms with Gasteiger partial charge in [-0.2, -0.15) is 0 Å². The minimum atomic E-state index is 0.136. The molecule has 0 spiro atoms. The second-order valence-electron chi connectivity index (χ2n) is 6.12. The first-order valence-corrected chi connectivity index (χ1v) is 7.61. The molecule has 108 valence electrons. The van der Waals surface area contributed by atoms with E-state index < -0.39 is 0 Å². The minimum absolute atomic E-state index is 0.136. The lowest BCUT2D eigenvalue weighted by Crippen LogP contribution is -2.42. The van der Waals surface area contributed by atoms with Crippen LogP contribution in [0.4, 0.5) is 0 Å². The smallest absolute Gasteiger partial charge is 0.103 e. The van der Waals surface area contributed by atoms with Crippen LogP contribution in [0.2, 0.25) is 0 Å². The van der Waals surface area contributed by atoms with E-state index in [0.29, 0.717) is 12.6 Å². The maximum Gasteiger partial charge on any atom is 0.103 e. The topological polar surface area (TPSA) is 45.4 Å². The number of aliphatic hydroxyl groups excluding tert-OH is 1. The van der Waals surface area contributed by atoms with Crippen LogP contribution in [0.1, 0.15) is 51.2 Å². The summed E-state index contributed by atoms with van der Waals surface area (Å²) in [5.74, 6) is 1.06. The molecule has 1 fully saturated rings. The van der Waals surface area contributed by atoms with Crippen molar-refractivity contribution in [3.05, 3.63) is 24.2 Å². The molecule has 0 aromatic carbocycles. The van der Waals surface area contributed by atoms with Crippen molar-refractivity contribution in [3.8, 4) is 0 Å². The molecule has 0 bridgehead atoms. The van der Waals surface area contributed by atoms with Gasteiger partial charge in [-0.15, -0.1) is 0 Å². The first-order chi connectivity index (χ1) is 9.24. The van der Waals surface area contributed by atoms with Crippen molar-refractivity contribution in [2.75, 3.05) is 13.2 Å². The van der Waals surface area contributed by atoms with Crippen LogP contribution in [0, 0.1) is 5.41 Å². The van der Waals surface area contributed by atoms with Crippen molar-refractivity contribution >= 4 is 0 Å². The van der Waals surface area contributed by atoms with E-state index in [1.54, 1.807) is 6.26 Å². The summed E-state index contributed by atoms with van der Waals surface area (Å²) in [7, 11) is 0. The molecule has 1 aromatic heterocycles. The van der Waals surface area contributed by atoms with Gasteiger partial charge in [-0.1, -0.05) is 19.3 Å². The fourth-order valence-electron chi connectivity index (χ4n) is 3.00. The molecule has 1 unspecified atom stereocenters. The van der Waals surface area contributed by atoms with Crippen LogP contribution in [-0.2, 0) is 6.42 Å². The molecule has 1 saturated carbocycles. The number of rotatable bonds is 7. The first kappa shape index (κ1) is 14.6. The van der Waals surface area contributed by atoms with E-state index in [1.165, 1.54) is 32.1 Å². The predicted molar refractivity (Wildman–Crippen MR) is 77.1 cm³/mol. The van der Waals surface area contributed by atoms with Gasteiger partial charge in [-0.25, -0.2) is 0 Å². The Morgan fingerprint density at radius 3 is 2.79 bits per heavy atom. The van der Waals surface area contributed by atoms with Gasteiger partial charge in [-0.05, 0) is 38.3 Å². The standard InChI is InChI=1S/C16H27NO2/c1-14(7-8-15-6-5-11-19-15)17-12-16(13-18)9-3-2-4-10-16/h5-6,11,14,17-18H,2-4,7-10,12-13H2,1H3. The van der Waals surface area contributed by atoms with Crippen LogP contribution in [0.3, 0.4) is 0 Å². The average Bonchev–Trinajstić information content (AvgIpc) is 2.97. The van der Waals surface area contributed by atoms with E-state index in [0.717, 1.165) is 25.1 Å². The normalized spacial score (nSPS) is 20.3. The van der Waals surface area contributed by atoms with Crippen molar-refractivity contribution in [3.63, 3.8) is 0 Å². The Morgan fingerprint density at radius 1 is 1.37 bits per heavy atom. The fourth-order valence-corrected chi connectivity index (χ4v) is 3.00. The molecule has 19 heavy (non-hydrogen) atoms. The Hall–Kier alpha value is -0.800. The lowest BCUT2D eigenvalue weighted by Gasteiger charge is -2.36. The van der Waals surface area contributed by atoms with Crippen molar-refractivity contribution < 1.29 is 9.52 Å². The molecule has 1 aliphatic rings. The van der Waals surface area contributed by atoms with Crippen LogP contribution >= 0.6 is 0 Å².